The number of benzene rings is 2. The number of rotatable bonds is 4. The third-order valence-corrected chi connectivity index (χ3v) is 4.31. The van der Waals surface area contributed by atoms with Gasteiger partial charge < -0.3 is 5.11 Å². The van der Waals surface area contributed by atoms with Gasteiger partial charge in [-0.2, -0.15) is 0 Å². The van der Waals surface area contributed by atoms with Crippen LogP contribution in [0, 0.1) is 0 Å². The number of fused-ring (bicyclic) bond motifs is 1. The molecule has 2 aromatic rings. The third-order valence-electron chi connectivity index (χ3n) is 3.70. The SMILES string of the molecule is O=C1C(C=[NH+]CCO)c2ccccc2N1c1c(Cl)cccc1Cl. The summed E-state index contributed by atoms with van der Waals surface area (Å²) < 4.78 is 0. The Hall–Kier alpha value is -1.88. The first-order valence-corrected chi connectivity index (χ1v) is 7.95. The van der Waals surface area contributed by atoms with Crippen molar-refractivity contribution in [3.05, 3.63) is 58.1 Å². The standard InChI is InChI=1S/C17H14Cl2N2O2/c18-13-5-3-6-14(19)16(13)21-15-7-2-1-4-11(15)12(17(21)23)10-20-8-9-22/h1-7,10,12,22H,8-9H2/p+1. The van der Waals surface area contributed by atoms with E-state index in [9.17, 15) is 4.79 Å². The van der Waals surface area contributed by atoms with E-state index in [0.29, 0.717) is 22.3 Å². The molecule has 1 heterocycles. The fourth-order valence-corrected chi connectivity index (χ4v) is 3.27. The quantitative estimate of drug-likeness (QED) is 0.828. The minimum atomic E-state index is -0.454. The summed E-state index contributed by atoms with van der Waals surface area (Å²) in [6.45, 7) is 0.387. The highest BCUT2D eigenvalue weighted by Crippen LogP contribution is 2.45. The molecule has 0 bridgehead atoms. The number of hydrogen-bond donors (Lipinski definition) is 2. The van der Waals surface area contributed by atoms with Crippen LogP contribution >= 0.6 is 23.2 Å². The molecule has 3 rings (SSSR count). The van der Waals surface area contributed by atoms with Crippen molar-refractivity contribution in [2.24, 2.45) is 0 Å². The summed E-state index contributed by atoms with van der Waals surface area (Å²) in [5, 5.41) is 9.73. The summed E-state index contributed by atoms with van der Waals surface area (Å²) in [5.74, 6) is -0.586. The number of aliphatic hydroxyl groups excluding tert-OH is 1. The fourth-order valence-electron chi connectivity index (χ4n) is 2.71. The highest BCUT2D eigenvalue weighted by molar-refractivity contribution is 6.41. The molecule has 23 heavy (non-hydrogen) atoms. The Balaban J connectivity index is 2.11. The van der Waals surface area contributed by atoms with E-state index in [1.807, 2.05) is 24.3 Å². The van der Waals surface area contributed by atoms with Crippen molar-refractivity contribution in [1.29, 1.82) is 0 Å². The van der Waals surface area contributed by atoms with Gasteiger partial charge >= 0.3 is 0 Å². The highest BCUT2D eigenvalue weighted by Gasteiger charge is 2.40. The minimum Gasteiger partial charge on any atom is -0.390 e. The molecule has 2 aromatic carbocycles. The predicted molar refractivity (Wildman–Crippen MR) is 91.8 cm³/mol. The molecule has 0 aliphatic carbocycles. The lowest BCUT2D eigenvalue weighted by Gasteiger charge is -2.20. The number of nitrogens with zero attached hydrogens (tertiary/aromatic N) is 1. The maximum Gasteiger partial charge on any atom is 0.249 e. The van der Waals surface area contributed by atoms with Crippen LogP contribution < -0.4 is 9.89 Å². The maximum absolute atomic E-state index is 12.9. The molecule has 0 saturated heterocycles. The molecule has 1 amide bonds. The van der Waals surface area contributed by atoms with E-state index >= 15 is 0 Å². The lowest BCUT2D eigenvalue weighted by molar-refractivity contribution is -0.456. The van der Waals surface area contributed by atoms with Gasteiger partial charge in [-0.3, -0.25) is 9.69 Å². The number of nitrogens with one attached hydrogen (secondary N) is 1. The molecule has 0 spiro atoms. The smallest absolute Gasteiger partial charge is 0.249 e. The molecule has 4 nitrogen and oxygen atoms in total. The van der Waals surface area contributed by atoms with Gasteiger partial charge in [0.15, 0.2) is 12.8 Å². The monoisotopic (exact) mass is 349 g/mol. The molecule has 1 aliphatic heterocycles. The van der Waals surface area contributed by atoms with E-state index < -0.39 is 5.92 Å². The number of amides is 1. The molecule has 118 valence electrons. The first kappa shape index (κ1) is 16.0. The van der Waals surface area contributed by atoms with E-state index in [0.717, 1.165) is 11.3 Å². The van der Waals surface area contributed by atoms with Crippen molar-refractivity contribution < 1.29 is 14.9 Å². The second-order valence-corrected chi connectivity index (χ2v) is 5.94. The van der Waals surface area contributed by atoms with Crippen molar-refractivity contribution in [2.75, 3.05) is 18.1 Å². The number of carbonyl (C=O) groups is 1. The van der Waals surface area contributed by atoms with Gasteiger partial charge in [-0.05, 0) is 23.8 Å². The molecule has 6 heteroatoms. The van der Waals surface area contributed by atoms with Crippen molar-refractivity contribution in [3.63, 3.8) is 0 Å². The van der Waals surface area contributed by atoms with E-state index in [1.165, 1.54) is 0 Å². The molecular formula is C17H15Cl2N2O2+. The molecule has 1 atom stereocenters. The largest absolute Gasteiger partial charge is 0.390 e. The lowest BCUT2D eigenvalue weighted by atomic mass is 10.0. The Morgan fingerprint density at radius 3 is 2.52 bits per heavy atom. The number of hydrogen-bond acceptors (Lipinski definition) is 2. The van der Waals surface area contributed by atoms with Crippen LogP contribution in [0.4, 0.5) is 11.4 Å². The van der Waals surface area contributed by atoms with Crippen molar-refractivity contribution >= 4 is 46.7 Å². The molecular weight excluding hydrogens is 335 g/mol. The highest BCUT2D eigenvalue weighted by atomic mass is 35.5. The maximum atomic E-state index is 12.9. The van der Waals surface area contributed by atoms with Gasteiger partial charge in [-0.25, -0.2) is 4.99 Å². The van der Waals surface area contributed by atoms with Gasteiger partial charge in [0, 0.05) is 0 Å². The molecule has 0 fully saturated rings. The lowest BCUT2D eigenvalue weighted by Crippen LogP contribution is -2.71. The van der Waals surface area contributed by atoms with Crippen LogP contribution in [-0.2, 0) is 4.79 Å². The van der Waals surface area contributed by atoms with Crippen LogP contribution in [0.15, 0.2) is 42.5 Å². The molecule has 2 N–H and O–H groups in total. The Morgan fingerprint density at radius 2 is 1.83 bits per heavy atom. The van der Waals surface area contributed by atoms with Gasteiger partial charge in [0.25, 0.3) is 0 Å². The van der Waals surface area contributed by atoms with Gasteiger partial charge in [0.1, 0.15) is 12.5 Å². The van der Waals surface area contributed by atoms with E-state index in [-0.39, 0.29) is 12.5 Å². The topological polar surface area (TPSA) is 54.5 Å². The van der Waals surface area contributed by atoms with Gasteiger partial charge in [-0.1, -0.05) is 47.5 Å². The summed E-state index contributed by atoms with van der Waals surface area (Å²) in [6, 6.07) is 12.7. The number of halogens is 2. The van der Waals surface area contributed by atoms with Gasteiger partial charge in [0.05, 0.1) is 21.4 Å². The fraction of sp³-hybridized carbons (Fsp3) is 0.176. The van der Waals surface area contributed by atoms with E-state index in [4.69, 9.17) is 28.3 Å². The Kier molecular flexibility index (Phi) is 4.66. The average Bonchev–Trinajstić information content (AvgIpc) is 2.81. The number of para-hydroxylation sites is 2. The van der Waals surface area contributed by atoms with Crippen LogP contribution in [0.3, 0.4) is 0 Å². The van der Waals surface area contributed by atoms with Crippen molar-refractivity contribution in [1.82, 2.24) is 0 Å². The summed E-state index contributed by atoms with van der Waals surface area (Å²) in [7, 11) is 0. The van der Waals surface area contributed by atoms with Gasteiger partial charge in [-0.15, -0.1) is 0 Å². The summed E-state index contributed by atoms with van der Waals surface area (Å²) in [6.07, 6.45) is 1.70. The molecule has 1 aliphatic rings. The zero-order valence-corrected chi connectivity index (χ0v) is 13.7. The minimum absolute atomic E-state index is 0.000880. The summed E-state index contributed by atoms with van der Waals surface area (Å²) in [5.41, 5.74) is 2.13. The zero-order valence-electron chi connectivity index (χ0n) is 12.2. The second kappa shape index (κ2) is 6.71. The Labute approximate surface area is 144 Å². The third kappa shape index (κ3) is 2.85. The van der Waals surface area contributed by atoms with Crippen molar-refractivity contribution in [3.8, 4) is 0 Å². The van der Waals surface area contributed by atoms with E-state index in [2.05, 4.69) is 4.99 Å². The molecule has 1 unspecified atom stereocenters. The number of anilines is 2. The van der Waals surface area contributed by atoms with Crippen molar-refractivity contribution in [2.45, 2.75) is 5.92 Å². The van der Waals surface area contributed by atoms with Gasteiger partial charge in [0.2, 0.25) is 5.91 Å². The zero-order chi connectivity index (χ0) is 16.4. The van der Waals surface area contributed by atoms with Crippen LogP contribution in [-0.4, -0.2) is 30.4 Å². The van der Waals surface area contributed by atoms with Crippen LogP contribution in [0.1, 0.15) is 11.5 Å². The molecule has 0 aromatic heterocycles. The molecule has 0 radical (unpaired) electrons. The number of aliphatic hydroxyl groups is 1. The van der Waals surface area contributed by atoms with Crippen LogP contribution in [0.25, 0.3) is 0 Å². The summed E-state index contributed by atoms with van der Waals surface area (Å²) in [4.78, 5) is 17.5. The Morgan fingerprint density at radius 1 is 1.13 bits per heavy atom. The normalized spacial score (nSPS) is 17.1. The predicted octanol–water partition coefficient (Wildman–Crippen LogP) is 1.90. The average molecular weight is 350 g/mol. The second-order valence-electron chi connectivity index (χ2n) is 5.12. The molecule has 0 saturated carbocycles. The Bertz CT molecular complexity index is 757. The van der Waals surface area contributed by atoms with E-state index in [1.54, 1.807) is 29.3 Å². The number of carbonyl (C=O) groups excluding carboxylic acids is 1. The first-order chi connectivity index (χ1) is 11.1. The van der Waals surface area contributed by atoms with Crippen LogP contribution in [0.5, 0.6) is 0 Å². The van der Waals surface area contributed by atoms with Crippen LogP contribution in [0.2, 0.25) is 10.0 Å². The first-order valence-electron chi connectivity index (χ1n) is 7.19. The summed E-state index contributed by atoms with van der Waals surface area (Å²) >= 11 is 12.6.